The van der Waals surface area contributed by atoms with Crippen LogP contribution in [0.15, 0.2) is 35.9 Å². The first-order chi connectivity index (χ1) is 13.9. The lowest BCUT2D eigenvalue weighted by molar-refractivity contribution is -0.144. The topological polar surface area (TPSA) is 78.0 Å². The fourth-order valence-corrected chi connectivity index (χ4v) is 3.59. The molecule has 2 aliphatic rings. The molecular weight excluding hydrogens is 370 g/mol. The summed E-state index contributed by atoms with van der Waals surface area (Å²) in [5.41, 5.74) is 3.29. The van der Waals surface area contributed by atoms with E-state index in [2.05, 4.69) is 6.08 Å². The van der Waals surface area contributed by atoms with E-state index in [0.29, 0.717) is 13.0 Å². The van der Waals surface area contributed by atoms with Gasteiger partial charge in [-0.25, -0.2) is 9.69 Å². The Labute approximate surface area is 170 Å². The van der Waals surface area contributed by atoms with E-state index in [0.717, 1.165) is 46.6 Å². The van der Waals surface area contributed by atoms with Gasteiger partial charge in [-0.1, -0.05) is 41.5 Å². The Bertz CT molecular complexity index is 844. The van der Waals surface area contributed by atoms with E-state index >= 15 is 0 Å². The van der Waals surface area contributed by atoms with E-state index in [9.17, 15) is 19.2 Å². The monoisotopic (exact) mass is 397 g/mol. The van der Waals surface area contributed by atoms with Crippen molar-refractivity contribution in [3.63, 3.8) is 0 Å². The molecule has 1 saturated heterocycles. The molecule has 29 heavy (non-hydrogen) atoms. The van der Waals surface area contributed by atoms with Gasteiger partial charge in [0.05, 0.1) is 0 Å². The second-order valence-corrected chi connectivity index (χ2v) is 7.72. The van der Waals surface area contributed by atoms with Crippen LogP contribution >= 0.6 is 0 Å². The highest BCUT2D eigenvalue weighted by Crippen LogP contribution is 2.22. The van der Waals surface area contributed by atoms with Gasteiger partial charge in [0.1, 0.15) is 6.54 Å². The summed E-state index contributed by atoms with van der Waals surface area (Å²) in [5.74, 6) is -2.16. The zero-order valence-electron chi connectivity index (χ0n) is 17.0. The second-order valence-electron chi connectivity index (χ2n) is 7.72. The molecule has 1 heterocycles. The van der Waals surface area contributed by atoms with Crippen LogP contribution in [0.5, 0.6) is 0 Å². The number of amides is 5. The van der Waals surface area contributed by atoms with Gasteiger partial charge in [0, 0.05) is 20.1 Å². The van der Waals surface area contributed by atoms with Crippen LogP contribution in [0.2, 0.25) is 0 Å². The van der Waals surface area contributed by atoms with Crippen LogP contribution in [-0.4, -0.2) is 58.6 Å². The number of nitrogens with zero attached hydrogens (tertiary/aromatic N) is 3. The summed E-state index contributed by atoms with van der Waals surface area (Å²) in [6, 6.07) is 7.07. The smallest absolute Gasteiger partial charge is 0.334 e. The Kier molecular flexibility index (Phi) is 6.46. The lowest BCUT2D eigenvalue weighted by atomic mass is 9.97. The van der Waals surface area contributed by atoms with Crippen molar-refractivity contribution in [2.45, 2.75) is 45.6 Å². The zero-order valence-corrected chi connectivity index (χ0v) is 17.0. The lowest BCUT2D eigenvalue weighted by Crippen LogP contribution is -2.42. The number of rotatable bonds is 7. The summed E-state index contributed by atoms with van der Waals surface area (Å²) < 4.78 is 0. The molecule has 0 spiro atoms. The predicted molar refractivity (Wildman–Crippen MR) is 108 cm³/mol. The third kappa shape index (κ3) is 4.91. The SMILES string of the molecule is Cc1ccc(CN(C)C(=O)CN2C(=O)C(=O)N(CCC3=CCCCC3)C2=O)cc1. The fourth-order valence-electron chi connectivity index (χ4n) is 3.59. The summed E-state index contributed by atoms with van der Waals surface area (Å²) >= 11 is 0. The lowest BCUT2D eigenvalue weighted by Gasteiger charge is -2.21. The van der Waals surface area contributed by atoms with E-state index in [4.69, 9.17) is 0 Å². The number of imide groups is 2. The van der Waals surface area contributed by atoms with E-state index in [1.807, 2.05) is 31.2 Å². The normalized spacial score (nSPS) is 17.0. The van der Waals surface area contributed by atoms with Gasteiger partial charge in [0.15, 0.2) is 0 Å². The Morgan fingerprint density at radius 1 is 1.03 bits per heavy atom. The van der Waals surface area contributed by atoms with Gasteiger partial charge in [0.2, 0.25) is 5.91 Å². The molecule has 1 aromatic carbocycles. The molecule has 0 N–H and O–H groups in total. The number of hydrogen-bond donors (Lipinski definition) is 0. The van der Waals surface area contributed by atoms with Gasteiger partial charge < -0.3 is 4.90 Å². The van der Waals surface area contributed by atoms with Gasteiger partial charge in [-0.2, -0.15) is 0 Å². The number of carbonyl (C=O) groups is 4. The van der Waals surface area contributed by atoms with Crippen molar-refractivity contribution in [1.82, 2.24) is 14.7 Å². The molecule has 1 aliphatic carbocycles. The zero-order chi connectivity index (χ0) is 21.0. The molecule has 0 saturated carbocycles. The maximum atomic E-state index is 12.6. The molecule has 1 fully saturated rings. The Balaban J connectivity index is 1.57. The number of aryl methyl sites for hydroxylation is 1. The standard InChI is InChI=1S/C22H27N3O4/c1-16-8-10-18(11-9-16)14-23(2)19(26)15-25-21(28)20(27)24(22(25)29)13-12-17-6-4-3-5-7-17/h6,8-11H,3-5,7,12-15H2,1-2H3. The number of hydrogen-bond acceptors (Lipinski definition) is 4. The Morgan fingerprint density at radius 3 is 2.38 bits per heavy atom. The molecule has 5 amide bonds. The molecule has 7 nitrogen and oxygen atoms in total. The average Bonchev–Trinajstić information content (AvgIpc) is 2.92. The fraction of sp³-hybridized carbons (Fsp3) is 0.455. The molecule has 0 unspecified atom stereocenters. The van der Waals surface area contributed by atoms with Crippen molar-refractivity contribution < 1.29 is 19.2 Å². The van der Waals surface area contributed by atoms with E-state index in [-0.39, 0.29) is 6.54 Å². The molecule has 0 bridgehead atoms. The largest absolute Gasteiger partial charge is 0.340 e. The maximum Gasteiger partial charge on any atom is 0.334 e. The minimum absolute atomic E-state index is 0.180. The molecule has 0 atom stereocenters. The van der Waals surface area contributed by atoms with Crippen LogP contribution in [-0.2, 0) is 20.9 Å². The first-order valence-electron chi connectivity index (χ1n) is 10.0. The molecule has 0 radical (unpaired) electrons. The average molecular weight is 397 g/mol. The predicted octanol–water partition coefficient (Wildman–Crippen LogP) is 2.63. The highest BCUT2D eigenvalue weighted by atomic mass is 16.2. The van der Waals surface area contributed by atoms with Crippen LogP contribution in [0.25, 0.3) is 0 Å². The number of urea groups is 1. The molecule has 1 aromatic rings. The van der Waals surface area contributed by atoms with E-state index in [1.54, 1.807) is 7.05 Å². The maximum absolute atomic E-state index is 12.6. The van der Waals surface area contributed by atoms with Gasteiger partial charge in [0.25, 0.3) is 0 Å². The third-order valence-electron chi connectivity index (χ3n) is 5.44. The quantitative estimate of drug-likeness (QED) is 0.403. The molecule has 7 heteroatoms. The van der Waals surface area contributed by atoms with Crippen molar-refractivity contribution in [2.75, 3.05) is 20.1 Å². The summed E-state index contributed by atoms with van der Waals surface area (Å²) in [7, 11) is 1.61. The van der Waals surface area contributed by atoms with E-state index in [1.165, 1.54) is 10.5 Å². The van der Waals surface area contributed by atoms with Crippen molar-refractivity contribution in [1.29, 1.82) is 0 Å². The Hall–Kier alpha value is -2.96. The van der Waals surface area contributed by atoms with Crippen LogP contribution in [0.3, 0.4) is 0 Å². The number of allylic oxidation sites excluding steroid dienone is 1. The molecule has 1 aliphatic heterocycles. The minimum Gasteiger partial charge on any atom is -0.340 e. The second kappa shape index (κ2) is 9.03. The highest BCUT2D eigenvalue weighted by Gasteiger charge is 2.45. The minimum atomic E-state index is -0.926. The highest BCUT2D eigenvalue weighted by molar-refractivity contribution is 6.45. The Morgan fingerprint density at radius 2 is 1.72 bits per heavy atom. The molecular formula is C22H27N3O4. The summed E-state index contributed by atoms with van der Waals surface area (Å²) in [6.45, 7) is 2.10. The van der Waals surface area contributed by atoms with Crippen molar-refractivity contribution in [3.8, 4) is 0 Å². The number of carbonyl (C=O) groups excluding carboxylic acids is 4. The van der Waals surface area contributed by atoms with Gasteiger partial charge >= 0.3 is 17.8 Å². The van der Waals surface area contributed by atoms with E-state index < -0.39 is 30.3 Å². The first kappa shape index (κ1) is 20.8. The van der Waals surface area contributed by atoms with Crippen molar-refractivity contribution in [2.24, 2.45) is 0 Å². The summed E-state index contributed by atoms with van der Waals surface area (Å²) in [4.78, 5) is 52.8. The summed E-state index contributed by atoms with van der Waals surface area (Å²) in [6.07, 6.45) is 6.99. The van der Waals surface area contributed by atoms with Crippen LogP contribution < -0.4 is 0 Å². The molecule has 3 rings (SSSR count). The van der Waals surface area contributed by atoms with Gasteiger partial charge in [-0.15, -0.1) is 0 Å². The number of benzene rings is 1. The van der Waals surface area contributed by atoms with Crippen LogP contribution in [0.1, 0.15) is 43.2 Å². The van der Waals surface area contributed by atoms with Gasteiger partial charge in [-0.05, 0) is 44.6 Å². The molecule has 0 aromatic heterocycles. The number of likely N-dealkylation sites (N-methyl/N-ethyl adjacent to an activating group) is 1. The van der Waals surface area contributed by atoms with Crippen LogP contribution in [0, 0.1) is 6.92 Å². The summed E-state index contributed by atoms with van der Waals surface area (Å²) in [5, 5.41) is 0. The molecule has 154 valence electrons. The van der Waals surface area contributed by atoms with Crippen molar-refractivity contribution in [3.05, 3.63) is 47.0 Å². The van der Waals surface area contributed by atoms with Gasteiger partial charge in [-0.3, -0.25) is 19.3 Å². The van der Waals surface area contributed by atoms with Crippen LogP contribution in [0.4, 0.5) is 4.79 Å². The third-order valence-corrected chi connectivity index (χ3v) is 5.44. The first-order valence-corrected chi connectivity index (χ1v) is 10.0. The van der Waals surface area contributed by atoms with Crippen molar-refractivity contribution >= 4 is 23.8 Å².